The highest BCUT2D eigenvalue weighted by Gasteiger charge is 2.25. The van der Waals surface area contributed by atoms with Crippen LogP contribution < -0.4 is 0 Å². The highest BCUT2D eigenvalue weighted by molar-refractivity contribution is 6.30. The third kappa shape index (κ3) is 4.06. The Morgan fingerprint density at radius 2 is 1.92 bits per heavy atom. The van der Waals surface area contributed by atoms with Crippen molar-refractivity contribution < 1.29 is 14.3 Å². The summed E-state index contributed by atoms with van der Waals surface area (Å²) in [5.41, 5.74) is 5.35. The molecule has 0 aliphatic carbocycles. The van der Waals surface area contributed by atoms with E-state index < -0.39 is 5.97 Å². The van der Waals surface area contributed by atoms with Crippen LogP contribution in [0.25, 0.3) is 22.1 Å². The Bertz CT molecular complexity index is 1690. The lowest BCUT2D eigenvalue weighted by molar-refractivity contribution is 0.0697. The highest BCUT2D eigenvalue weighted by atomic mass is 35.5. The lowest BCUT2D eigenvalue weighted by Crippen LogP contribution is -2.34. The smallest absolute Gasteiger partial charge is 0.335 e. The van der Waals surface area contributed by atoms with Crippen LogP contribution in [-0.2, 0) is 26.7 Å². The van der Waals surface area contributed by atoms with Gasteiger partial charge in [-0.1, -0.05) is 36.7 Å². The number of benzene rings is 3. The number of aryl methyl sites for hydroxylation is 1. The first kappa shape index (κ1) is 23.6. The van der Waals surface area contributed by atoms with Gasteiger partial charge < -0.3 is 14.2 Å². The van der Waals surface area contributed by atoms with Crippen LogP contribution in [-0.4, -0.2) is 41.6 Å². The van der Waals surface area contributed by atoms with E-state index in [1.807, 2.05) is 30.7 Å². The molecule has 1 N–H and O–H groups in total. The zero-order chi connectivity index (χ0) is 25.8. The van der Waals surface area contributed by atoms with Crippen LogP contribution in [0.1, 0.15) is 46.0 Å². The van der Waals surface area contributed by atoms with Gasteiger partial charge in [0, 0.05) is 31.1 Å². The van der Waals surface area contributed by atoms with Crippen molar-refractivity contribution in [3.8, 4) is 0 Å². The van der Waals surface area contributed by atoms with Gasteiger partial charge >= 0.3 is 5.97 Å². The van der Waals surface area contributed by atoms with Crippen molar-refractivity contribution in [1.29, 1.82) is 0 Å². The molecule has 0 radical (unpaired) electrons. The highest BCUT2D eigenvalue weighted by Crippen LogP contribution is 2.34. The third-order valence-electron chi connectivity index (χ3n) is 7.37. The van der Waals surface area contributed by atoms with Crippen LogP contribution in [0.5, 0.6) is 0 Å². The molecule has 5 aromatic rings. The summed E-state index contributed by atoms with van der Waals surface area (Å²) in [6.45, 7) is 4.88. The number of aromatic carboxylic acids is 1. The molecule has 1 atom stereocenters. The van der Waals surface area contributed by atoms with E-state index in [2.05, 4.69) is 15.5 Å². The molecule has 1 aliphatic rings. The molecule has 0 saturated carbocycles. The van der Waals surface area contributed by atoms with Gasteiger partial charge in [0.2, 0.25) is 0 Å². The van der Waals surface area contributed by atoms with E-state index in [0.717, 1.165) is 52.4 Å². The molecular weight excluding hydrogens is 493 g/mol. The topological polar surface area (TPSA) is 76.2 Å². The predicted molar refractivity (Wildman–Crippen MR) is 140 cm³/mol. The fraction of sp³-hybridized carbons (Fsp3) is 0.250. The number of carbonyl (C=O) groups is 1. The molecule has 7 nitrogen and oxygen atoms in total. The van der Waals surface area contributed by atoms with Crippen molar-refractivity contribution in [3.05, 3.63) is 93.8 Å². The molecule has 1 aliphatic heterocycles. The molecule has 9 heteroatoms. The summed E-state index contributed by atoms with van der Waals surface area (Å²) < 4.78 is 18.9. The van der Waals surface area contributed by atoms with Crippen LogP contribution in [0.3, 0.4) is 0 Å². The number of rotatable bonds is 5. The van der Waals surface area contributed by atoms with Crippen LogP contribution >= 0.6 is 11.6 Å². The van der Waals surface area contributed by atoms with Crippen molar-refractivity contribution >= 4 is 39.6 Å². The number of nitrogens with zero attached hydrogens (tertiary/aromatic N) is 5. The second kappa shape index (κ2) is 8.97. The lowest BCUT2D eigenvalue weighted by atomic mass is 9.92. The molecule has 0 amide bonds. The first-order chi connectivity index (χ1) is 17.8. The summed E-state index contributed by atoms with van der Waals surface area (Å²) in [4.78, 5) is 23.4. The van der Waals surface area contributed by atoms with E-state index in [0.29, 0.717) is 23.7 Å². The number of halogens is 2. The molecule has 6 rings (SSSR count). The number of carboxylic acid groups (broad SMARTS) is 1. The van der Waals surface area contributed by atoms with E-state index in [1.165, 1.54) is 6.07 Å². The Morgan fingerprint density at radius 3 is 2.70 bits per heavy atom. The minimum atomic E-state index is -0.952. The summed E-state index contributed by atoms with van der Waals surface area (Å²) in [7, 11) is 1.92. The molecule has 3 aromatic carbocycles. The van der Waals surface area contributed by atoms with Crippen LogP contribution in [0.2, 0.25) is 5.02 Å². The summed E-state index contributed by atoms with van der Waals surface area (Å²) in [5.74, 6) is 0.390. The summed E-state index contributed by atoms with van der Waals surface area (Å²) in [5, 5.41) is 9.71. The number of fused-ring (bicyclic) bond motifs is 4. The number of para-hydroxylation sites is 1. The van der Waals surface area contributed by atoms with Crippen molar-refractivity contribution in [2.75, 3.05) is 6.54 Å². The fourth-order valence-electron chi connectivity index (χ4n) is 5.33. The SMILES string of the molecule is CC(c1ccc(Cl)cc1F)c1cccc2c1nc1n2CCN(Cc2nc3ccc(C(=O)O)cc3n2C)C1. The fourth-order valence-corrected chi connectivity index (χ4v) is 5.48. The second-order valence-electron chi connectivity index (χ2n) is 9.59. The predicted octanol–water partition coefficient (Wildman–Crippen LogP) is 5.58. The molecular formula is C28H25ClFN5O2. The monoisotopic (exact) mass is 517 g/mol. The average Bonchev–Trinajstić information content (AvgIpc) is 3.40. The van der Waals surface area contributed by atoms with Gasteiger partial charge in [-0.2, -0.15) is 0 Å². The Morgan fingerprint density at radius 1 is 1.08 bits per heavy atom. The normalized spacial score (nSPS) is 14.8. The maximum atomic E-state index is 14.7. The van der Waals surface area contributed by atoms with Crippen LogP contribution in [0.4, 0.5) is 4.39 Å². The zero-order valence-electron chi connectivity index (χ0n) is 20.4. The number of hydrogen-bond donors (Lipinski definition) is 1. The molecule has 0 spiro atoms. The Balaban J connectivity index is 1.30. The third-order valence-corrected chi connectivity index (χ3v) is 7.61. The molecule has 1 unspecified atom stereocenters. The number of imidazole rings is 2. The van der Waals surface area contributed by atoms with Gasteiger partial charge in [0.25, 0.3) is 0 Å². The van der Waals surface area contributed by atoms with Crippen molar-refractivity contribution in [3.63, 3.8) is 0 Å². The standard InChI is InChI=1S/C28H25ClFN5O2/c1-16(19-8-7-18(29)13-21(19)30)20-4-3-5-23-27(20)32-26-15-34(10-11-35(23)26)14-25-31-22-9-6-17(28(36)37)12-24(22)33(25)2/h3-9,12-13,16H,10-11,14-15H2,1-2H3,(H,36,37). The molecule has 0 saturated heterocycles. The number of hydrogen-bond acceptors (Lipinski definition) is 4. The van der Waals surface area contributed by atoms with Gasteiger partial charge in [0.15, 0.2) is 0 Å². The Kier molecular flexibility index (Phi) is 5.73. The molecule has 2 aromatic heterocycles. The minimum absolute atomic E-state index is 0.176. The quantitative estimate of drug-likeness (QED) is 0.329. The summed E-state index contributed by atoms with van der Waals surface area (Å²) in [6.07, 6.45) is 0. The van der Waals surface area contributed by atoms with Crippen molar-refractivity contribution in [1.82, 2.24) is 24.0 Å². The van der Waals surface area contributed by atoms with Gasteiger partial charge in [-0.15, -0.1) is 0 Å². The summed E-state index contributed by atoms with van der Waals surface area (Å²) >= 11 is 5.97. The molecule has 37 heavy (non-hydrogen) atoms. The minimum Gasteiger partial charge on any atom is -0.478 e. The van der Waals surface area contributed by atoms with Gasteiger partial charge in [-0.3, -0.25) is 4.90 Å². The maximum absolute atomic E-state index is 14.7. The molecule has 3 heterocycles. The number of carboxylic acids is 1. The van der Waals surface area contributed by atoms with Crippen LogP contribution in [0.15, 0.2) is 54.6 Å². The molecule has 0 fully saturated rings. The van der Waals surface area contributed by atoms with Crippen molar-refractivity contribution in [2.45, 2.75) is 32.5 Å². The molecule has 188 valence electrons. The zero-order valence-corrected chi connectivity index (χ0v) is 21.2. The van der Waals surface area contributed by atoms with E-state index in [9.17, 15) is 14.3 Å². The largest absolute Gasteiger partial charge is 0.478 e. The van der Waals surface area contributed by atoms with E-state index >= 15 is 0 Å². The average molecular weight is 518 g/mol. The maximum Gasteiger partial charge on any atom is 0.335 e. The van der Waals surface area contributed by atoms with Gasteiger partial charge in [-0.05, 0) is 47.5 Å². The lowest BCUT2D eigenvalue weighted by Gasteiger charge is -2.27. The van der Waals surface area contributed by atoms with Gasteiger partial charge in [-0.25, -0.2) is 19.2 Å². The Labute approximate surface area is 217 Å². The number of aromatic nitrogens is 4. The van der Waals surface area contributed by atoms with Crippen LogP contribution in [0, 0.1) is 5.82 Å². The van der Waals surface area contributed by atoms with Gasteiger partial charge in [0.05, 0.1) is 40.7 Å². The van der Waals surface area contributed by atoms with E-state index in [1.54, 1.807) is 30.3 Å². The van der Waals surface area contributed by atoms with Crippen molar-refractivity contribution in [2.24, 2.45) is 7.05 Å². The first-order valence-corrected chi connectivity index (χ1v) is 12.5. The molecule has 0 bridgehead atoms. The summed E-state index contributed by atoms with van der Waals surface area (Å²) in [6, 6.07) is 15.9. The van der Waals surface area contributed by atoms with E-state index in [4.69, 9.17) is 21.6 Å². The second-order valence-corrected chi connectivity index (χ2v) is 10.0. The Hall–Kier alpha value is -3.75. The first-order valence-electron chi connectivity index (χ1n) is 12.1. The van der Waals surface area contributed by atoms with E-state index in [-0.39, 0.29) is 17.3 Å². The van der Waals surface area contributed by atoms with Gasteiger partial charge in [0.1, 0.15) is 17.5 Å².